The summed E-state index contributed by atoms with van der Waals surface area (Å²) >= 11 is 0. The number of Topliss-reactive ketones (excluding diaryl/α,β-unsaturated/α-hetero) is 1. The van der Waals surface area contributed by atoms with Gasteiger partial charge in [-0.05, 0) is 33.1 Å². The molecular weight excluding hydrogens is 249 g/mol. The maximum atomic E-state index is 12.0. The van der Waals surface area contributed by atoms with Crippen molar-refractivity contribution in [1.82, 2.24) is 0 Å². The predicted molar refractivity (Wildman–Crippen MR) is 59.1 cm³/mol. The Morgan fingerprint density at radius 2 is 1.94 bits per heavy atom. The lowest BCUT2D eigenvalue weighted by Gasteiger charge is -2.41. The highest BCUT2D eigenvalue weighted by Crippen LogP contribution is 2.37. The van der Waals surface area contributed by atoms with E-state index in [0.29, 0.717) is 19.3 Å². The van der Waals surface area contributed by atoms with E-state index in [1.165, 1.54) is 0 Å². The first-order chi connectivity index (χ1) is 8.04. The van der Waals surface area contributed by atoms with Crippen LogP contribution in [0.25, 0.3) is 0 Å². The summed E-state index contributed by atoms with van der Waals surface area (Å²) in [6.45, 7) is 3.19. The minimum atomic E-state index is -4.79. The highest BCUT2D eigenvalue weighted by Gasteiger charge is 2.40. The fourth-order valence-corrected chi connectivity index (χ4v) is 2.48. The van der Waals surface area contributed by atoms with Crippen LogP contribution in [0.5, 0.6) is 0 Å². The van der Waals surface area contributed by atoms with Crippen molar-refractivity contribution in [3.8, 4) is 0 Å². The molecule has 1 saturated carbocycles. The van der Waals surface area contributed by atoms with Gasteiger partial charge in [-0.15, -0.1) is 0 Å². The molecule has 18 heavy (non-hydrogen) atoms. The summed E-state index contributed by atoms with van der Waals surface area (Å²) in [5.41, 5.74) is -1.49. The van der Waals surface area contributed by atoms with Crippen LogP contribution in [0.1, 0.15) is 46.0 Å². The second-order valence-corrected chi connectivity index (χ2v) is 5.50. The molecule has 0 aromatic rings. The summed E-state index contributed by atoms with van der Waals surface area (Å²) in [5.74, 6) is -1.77. The Bertz CT molecular complexity index is 312. The number of alkyl halides is 3. The lowest BCUT2D eigenvalue weighted by Crippen LogP contribution is -2.44. The summed E-state index contributed by atoms with van der Waals surface area (Å²) in [5, 5.41) is 9.92. The van der Waals surface area contributed by atoms with Crippen LogP contribution in [0.2, 0.25) is 0 Å². The molecule has 0 aromatic carbocycles. The quantitative estimate of drug-likeness (QED) is 0.852. The number of aliphatic hydroxyl groups is 1. The van der Waals surface area contributed by atoms with Gasteiger partial charge in [-0.1, -0.05) is 0 Å². The second kappa shape index (κ2) is 5.17. The highest BCUT2D eigenvalue weighted by molar-refractivity contribution is 5.84. The van der Waals surface area contributed by atoms with Gasteiger partial charge in [-0.3, -0.25) is 4.79 Å². The minimum Gasteiger partial charge on any atom is -0.390 e. The maximum absolute atomic E-state index is 12.0. The van der Waals surface area contributed by atoms with E-state index in [9.17, 15) is 23.1 Å². The Balaban J connectivity index is 2.41. The number of hydrogen-bond donors (Lipinski definition) is 1. The zero-order valence-electron chi connectivity index (χ0n) is 10.6. The number of carbonyl (C=O) groups excluding carboxylic acids is 1. The SMILES string of the molecule is C[C@]1(O)CCC[C@@](C)(OCCC(=O)C(F)(F)F)C1. The lowest BCUT2D eigenvalue weighted by atomic mass is 9.77. The van der Waals surface area contributed by atoms with Crippen molar-refractivity contribution in [3.63, 3.8) is 0 Å². The smallest absolute Gasteiger partial charge is 0.390 e. The number of carbonyl (C=O) groups is 1. The molecule has 0 aromatic heterocycles. The Hall–Kier alpha value is -0.620. The first-order valence-corrected chi connectivity index (χ1v) is 6.01. The van der Waals surface area contributed by atoms with E-state index in [-0.39, 0.29) is 6.61 Å². The Labute approximate surface area is 104 Å². The molecule has 1 N–H and O–H groups in total. The van der Waals surface area contributed by atoms with Crippen molar-refractivity contribution in [3.05, 3.63) is 0 Å². The van der Waals surface area contributed by atoms with Gasteiger partial charge in [-0.25, -0.2) is 0 Å². The van der Waals surface area contributed by atoms with Crippen LogP contribution in [0.15, 0.2) is 0 Å². The molecule has 0 amide bonds. The zero-order valence-corrected chi connectivity index (χ0v) is 10.6. The Morgan fingerprint density at radius 1 is 1.33 bits per heavy atom. The number of ether oxygens (including phenoxy) is 1. The van der Waals surface area contributed by atoms with Crippen LogP contribution in [0.4, 0.5) is 13.2 Å². The van der Waals surface area contributed by atoms with Crippen molar-refractivity contribution in [2.24, 2.45) is 0 Å². The molecule has 0 aliphatic heterocycles. The Morgan fingerprint density at radius 3 is 2.44 bits per heavy atom. The molecule has 6 heteroatoms. The van der Waals surface area contributed by atoms with Crippen molar-refractivity contribution in [2.75, 3.05) is 6.61 Å². The molecule has 1 rings (SSSR count). The topological polar surface area (TPSA) is 46.5 Å². The van der Waals surface area contributed by atoms with Gasteiger partial charge in [-0.2, -0.15) is 13.2 Å². The molecule has 1 fully saturated rings. The standard InChI is InChI=1S/C12H19F3O3/c1-10(17)5-3-6-11(2,8-10)18-7-4-9(16)12(13,14)15/h17H,3-8H2,1-2H3/t10-,11+/m0/s1. The van der Waals surface area contributed by atoms with Crippen molar-refractivity contribution in [2.45, 2.75) is 63.3 Å². The van der Waals surface area contributed by atoms with E-state index >= 15 is 0 Å². The molecule has 0 bridgehead atoms. The van der Waals surface area contributed by atoms with E-state index in [2.05, 4.69) is 0 Å². The molecule has 0 saturated heterocycles. The van der Waals surface area contributed by atoms with Crippen LogP contribution in [-0.4, -0.2) is 34.9 Å². The summed E-state index contributed by atoms with van der Waals surface area (Å²) in [7, 11) is 0. The molecular formula is C12H19F3O3. The largest absolute Gasteiger partial charge is 0.450 e. The van der Waals surface area contributed by atoms with Crippen LogP contribution in [-0.2, 0) is 9.53 Å². The summed E-state index contributed by atoms with van der Waals surface area (Å²) in [6.07, 6.45) is -2.97. The second-order valence-electron chi connectivity index (χ2n) is 5.50. The molecule has 0 radical (unpaired) electrons. The van der Waals surface area contributed by atoms with Gasteiger partial charge in [0.25, 0.3) is 0 Å². The van der Waals surface area contributed by atoms with Gasteiger partial charge in [0.2, 0.25) is 5.78 Å². The first-order valence-electron chi connectivity index (χ1n) is 6.01. The fourth-order valence-electron chi connectivity index (χ4n) is 2.48. The van der Waals surface area contributed by atoms with Crippen LogP contribution >= 0.6 is 0 Å². The number of halogens is 3. The zero-order chi connectivity index (χ0) is 14.0. The third-order valence-corrected chi connectivity index (χ3v) is 3.27. The monoisotopic (exact) mass is 268 g/mol. The first kappa shape index (κ1) is 15.4. The average molecular weight is 268 g/mol. The third-order valence-electron chi connectivity index (χ3n) is 3.27. The van der Waals surface area contributed by atoms with Crippen molar-refractivity contribution >= 4 is 5.78 Å². The normalized spacial score (nSPS) is 33.4. The average Bonchev–Trinajstić information content (AvgIpc) is 2.13. The molecule has 0 unspecified atom stereocenters. The molecule has 1 aliphatic carbocycles. The maximum Gasteiger partial charge on any atom is 0.450 e. The minimum absolute atomic E-state index is 0.259. The van der Waals surface area contributed by atoms with Crippen LogP contribution in [0.3, 0.4) is 0 Å². The van der Waals surface area contributed by atoms with E-state index < -0.39 is 29.6 Å². The van der Waals surface area contributed by atoms with E-state index in [1.807, 2.05) is 0 Å². The van der Waals surface area contributed by atoms with Gasteiger partial charge in [0, 0.05) is 12.8 Å². The summed E-state index contributed by atoms with van der Waals surface area (Å²) in [4.78, 5) is 10.7. The predicted octanol–water partition coefficient (Wildman–Crippen LogP) is 2.61. The van der Waals surface area contributed by atoms with E-state index in [0.717, 1.165) is 6.42 Å². The van der Waals surface area contributed by atoms with Gasteiger partial charge < -0.3 is 9.84 Å². The lowest BCUT2D eigenvalue weighted by molar-refractivity contribution is -0.174. The molecule has 0 heterocycles. The third kappa shape index (κ3) is 4.57. The Kier molecular flexibility index (Phi) is 4.43. The van der Waals surface area contributed by atoms with Gasteiger partial charge >= 0.3 is 6.18 Å². The molecule has 3 nitrogen and oxygen atoms in total. The van der Waals surface area contributed by atoms with Crippen LogP contribution < -0.4 is 0 Å². The van der Waals surface area contributed by atoms with Gasteiger partial charge in [0.15, 0.2) is 0 Å². The summed E-state index contributed by atoms with van der Waals surface area (Å²) in [6, 6.07) is 0. The van der Waals surface area contributed by atoms with Gasteiger partial charge in [0.1, 0.15) is 0 Å². The van der Waals surface area contributed by atoms with Crippen LogP contribution in [0, 0.1) is 0 Å². The summed E-state index contributed by atoms with van der Waals surface area (Å²) < 4.78 is 41.4. The number of rotatable bonds is 4. The van der Waals surface area contributed by atoms with E-state index in [4.69, 9.17) is 4.74 Å². The molecule has 0 spiro atoms. The van der Waals surface area contributed by atoms with Crippen molar-refractivity contribution < 1.29 is 27.8 Å². The van der Waals surface area contributed by atoms with Gasteiger partial charge in [0.05, 0.1) is 17.8 Å². The fraction of sp³-hybridized carbons (Fsp3) is 0.917. The van der Waals surface area contributed by atoms with E-state index in [1.54, 1.807) is 13.8 Å². The highest BCUT2D eigenvalue weighted by atomic mass is 19.4. The molecule has 1 aliphatic rings. The number of hydrogen-bond acceptors (Lipinski definition) is 3. The molecule has 2 atom stereocenters. The van der Waals surface area contributed by atoms with Crippen molar-refractivity contribution in [1.29, 1.82) is 0 Å². The number of ketones is 1. The molecule has 106 valence electrons.